The Morgan fingerprint density at radius 2 is 1.89 bits per heavy atom. The van der Waals surface area contributed by atoms with Gasteiger partial charge in [0.05, 0.1) is 12.1 Å². The van der Waals surface area contributed by atoms with E-state index in [1.165, 1.54) is 0 Å². The van der Waals surface area contributed by atoms with Gasteiger partial charge in [0.2, 0.25) is 0 Å². The average Bonchev–Trinajstić information content (AvgIpc) is 3.19. The lowest BCUT2D eigenvalue weighted by molar-refractivity contribution is -0.145. The maximum absolute atomic E-state index is 13.1. The van der Waals surface area contributed by atoms with Crippen molar-refractivity contribution < 1.29 is 19.1 Å². The van der Waals surface area contributed by atoms with Gasteiger partial charge in [-0.25, -0.2) is 4.79 Å². The van der Waals surface area contributed by atoms with Crippen LogP contribution >= 0.6 is 11.6 Å². The second-order valence-corrected chi connectivity index (χ2v) is 7.91. The molecule has 0 aliphatic carbocycles. The van der Waals surface area contributed by atoms with Crippen molar-refractivity contribution in [3.63, 3.8) is 0 Å². The minimum atomic E-state index is -1.05. The molecule has 0 unspecified atom stereocenters. The molecule has 5 nitrogen and oxygen atoms in total. The summed E-state index contributed by atoms with van der Waals surface area (Å²) in [7, 11) is 0. The second-order valence-electron chi connectivity index (χ2n) is 7.47. The third-order valence-corrected chi connectivity index (χ3v) is 5.40. The highest BCUT2D eigenvalue weighted by Crippen LogP contribution is 2.43. The molecule has 27 heavy (non-hydrogen) atoms. The predicted molar refractivity (Wildman–Crippen MR) is 101 cm³/mol. The van der Waals surface area contributed by atoms with E-state index in [2.05, 4.69) is 0 Å². The number of esters is 1. The van der Waals surface area contributed by atoms with E-state index in [1.54, 1.807) is 49.1 Å². The van der Waals surface area contributed by atoms with Crippen LogP contribution in [0, 0.1) is 0 Å². The monoisotopic (exact) mass is 385 g/mol. The molecule has 1 amide bonds. The first-order valence-electron chi connectivity index (χ1n) is 8.88. The Morgan fingerprint density at radius 1 is 1.19 bits per heavy atom. The molecule has 140 valence electrons. The minimum Gasteiger partial charge on any atom is -0.478 e. The first-order chi connectivity index (χ1) is 12.8. The molecular formula is C21H20ClNO4. The standard InChI is InChI=1S/C21H20ClNO4/c1-20(2,26-15-9-7-14(22)8-10-15)19(25)23-12-11-21(13-23)17-6-4-3-5-16(17)18(24)27-21/h3-10H,11-13H2,1-2H3/t21-/m1/s1. The number of carbonyl (C=O) groups is 2. The fourth-order valence-corrected chi connectivity index (χ4v) is 3.95. The molecule has 1 spiro atoms. The quantitative estimate of drug-likeness (QED) is 0.754. The van der Waals surface area contributed by atoms with Crippen LogP contribution in [0.4, 0.5) is 0 Å². The Bertz CT molecular complexity index is 909. The van der Waals surface area contributed by atoms with Crippen molar-refractivity contribution >= 4 is 23.5 Å². The number of benzene rings is 2. The van der Waals surface area contributed by atoms with E-state index in [-0.39, 0.29) is 11.9 Å². The Morgan fingerprint density at radius 3 is 2.63 bits per heavy atom. The molecule has 0 N–H and O–H groups in total. The van der Waals surface area contributed by atoms with Crippen LogP contribution in [0.15, 0.2) is 48.5 Å². The van der Waals surface area contributed by atoms with E-state index in [9.17, 15) is 9.59 Å². The predicted octanol–water partition coefficient (Wildman–Crippen LogP) is 3.80. The fourth-order valence-electron chi connectivity index (χ4n) is 3.83. The molecule has 4 rings (SSSR count). The van der Waals surface area contributed by atoms with Crippen molar-refractivity contribution in [1.82, 2.24) is 4.90 Å². The third-order valence-electron chi connectivity index (χ3n) is 5.15. The van der Waals surface area contributed by atoms with Crippen molar-refractivity contribution in [3.05, 3.63) is 64.7 Å². The summed E-state index contributed by atoms with van der Waals surface area (Å²) in [6.07, 6.45) is 0.582. The average molecular weight is 386 g/mol. The number of ether oxygens (including phenoxy) is 2. The van der Waals surface area contributed by atoms with Gasteiger partial charge in [-0.2, -0.15) is 0 Å². The van der Waals surface area contributed by atoms with Crippen LogP contribution in [0.5, 0.6) is 5.75 Å². The lowest BCUT2D eigenvalue weighted by Crippen LogP contribution is -2.49. The number of hydrogen-bond acceptors (Lipinski definition) is 4. The van der Waals surface area contributed by atoms with Gasteiger partial charge in [-0.15, -0.1) is 0 Å². The normalized spacial score (nSPS) is 21.3. The summed E-state index contributed by atoms with van der Waals surface area (Å²) < 4.78 is 11.6. The first kappa shape index (κ1) is 17.9. The zero-order valence-corrected chi connectivity index (χ0v) is 16.0. The summed E-state index contributed by atoms with van der Waals surface area (Å²) >= 11 is 5.90. The fraction of sp³-hybridized carbons (Fsp3) is 0.333. The number of fused-ring (bicyclic) bond motifs is 2. The zero-order chi connectivity index (χ0) is 19.2. The van der Waals surface area contributed by atoms with E-state index in [0.29, 0.717) is 35.8 Å². The largest absolute Gasteiger partial charge is 0.478 e. The van der Waals surface area contributed by atoms with E-state index in [1.807, 2.05) is 18.2 Å². The van der Waals surface area contributed by atoms with Gasteiger partial charge in [0.25, 0.3) is 5.91 Å². The summed E-state index contributed by atoms with van der Waals surface area (Å²) in [5.41, 5.74) is -0.355. The van der Waals surface area contributed by atoms with Gasteiger partial charge in [-0.05, 0) is 44.2 Å². The molecule has 2 aromatic rings. The second kappa shape index (κ2) is 6.27. The molecule has 0 saturated carbocycles. The number of amides is 1. The van der Waals surface area contributed by atoms with Crippen LogP contribution < -0.4 is 4.74 Å². The molecule has 1 saturated heterocycles. The number of nitrogens with zero attached hydrogens (tertiary/aromatic N) is 1. The molecule has 2 aliphatic heterocycles. The Kier molecular flexibility index (Phi) is 4.15. The smallest absolute Gasteiger partial charge is 0.339 e. The highest BCUT2D eigenvalue weighted by atomic mass is 35.5. The molecular weight excluding hydrogens is 366 g/mol. The van der Waals surface area contributed by atoms with Gasteiger partial charge in [-0.3, -0.25) is 4.79 Å². The summed E-state index contributed by atoms with van der Waals surface area (Å²) in [5, 5.41) is 0.606. The van der Waals surface area contributed by atoms with Crippen LogP contribution in [0.1, 0.15) is 36.2 Å². The maximum Gasteiger partial charge on any atom is 0.339 e. The molecule has 0 aromatic heterocycles. The first-order valence-corrected chi connectivity index (χ1v) is 9.25. The zero-order valence-electron chi connectivity index (χ0n) is 15.2. The highest BCUT2D eigenvalue weighted by Gasteiger charge is 2.52. The van der Waals surface area contributed by atoms with E-state index < -0.39 is 11.2 Å². The maximum atomic E-state index is 13.1. The van der Waals surface area contributed by atoms with Crippen LogP contribution in [-0.4, -0.2) is 35.5 Å². The van der Waals surface area contributed by atoms with Crippen molar-refractivity contribution in [1.29, 1.82) is 0 Å². The van der Waals surface area contributed by atoms with Crippen molar-refractivity contribution in [2.75, 3.05) is 13.1 Å². The van der Waals surface area contributed by atoms with Crippen LogP contribution in [0.3, 0.4) is 0 Å². The van der Waals surface area contributed by atoms with Crippen molar-refractivity contribution in [3.8, 4) is 5.75 Å². The van der Waals surface area contributed by atoms with Crippen LogP contribution in [-0.2, 0) is 15.1 Å². The molecule has 1 atom stereocenters. The lowest BCUT2D eigenvalue weighted by atomic mass is 9.91. The number of hydrogen-bond donors (Lipinski definition) is 0. The van der Waals surface area contributed by atoms with Crippen molar-refractivity contribution in [2.45, 2.75) is 31.5 Å². The van der Waals surface area contributed by atoms with Gasteiger partial charge in [-0.1, -0.05) is 29.8 Å². The molecule has 6 heteroatoms. The SMILES string of the molecule is CC(C)(Oc1ccc(Cl)cc1)C(=O)N1CC[C@]2(C1)OC(=O)c1ccccc12. The van der Waals surface area contributed by atoms with Crippen LogP contribution in [0.2, 0.25) is 5.02 Å². The van der Waals surface area contributed by atoms with Gasteiger partial charge in [0.15, 0.2) is 11.2 Å². The van der Waals surface area contributed by atoms with Gasteiger partial charge >= 0.3 is 5.97 Å². The third kappa shape index (κ3) is 3.06. The summed E-state index contributed by atoms with van der Waals surface area (Å²) in [5.74, 6) is 0.107. The molecule has 0 bridgehead atoms. The van der Waals surface area contributed by atoms with Crippen LogP contribution in [0.25, 0.3) is 0 Å². The molecule has 0 radical (unpaired) electrons. The highest BCUT2D eigenvalue weighted by molar-refractivity contribution is 6.30. The number of carbonyl (C=O) groups excluding carboxylic acids is 2. The summed E-state index contributed by atoms with van der Waals surface area (Å²) in [4.78, 5) is 27.0. The van der Waals surface area contributed by atoms with Gasteiger partial charge in [0, 0.05) is 23.6 Å². The number of likely N-dealkylation sites (tertiary alicyclic amines) is 1. The molecule has 2 aliphatic rings. The van der Waals surface area contributed by atoms with Gasteiger partial charge < -0.3 is 14.4 Å². The molecule has 1 fully saturated rings. The van der Waals surface area contributed by atoms with E-state index in [0.717, 1.165) is 5.56 Å². The summed E-state index contributed by atoms with van der Waals surface area (Å²) in [6.45, 7) is 4.32. The Balaban J connectivity index is 1.52. The lowest BCUT2D eigenvalue weighted by Gasteiger charge is -2.31. The number of halogens is 1. The van der Waals surface area contributed by atoms with Crippen molar-refractivity contribution in [2.24, 2.45) is 0 Å². The summed E-state index contributed by atoms with van der Waals surface area (Å²) in [6, 6.07) is 14.3. The Labute approximate surface area is 162 Å². The topological polar surface area (TPSA) is 55.8 Å². The molecule has 2 aromatic carbocycles. The molecule has 2 heterocycles. The minimum absolute atomic E-state index is 0.144. The Hall–Kier alpha value is -2.53. The number of rotatable bonds is 3. The van der Waals surface area contributed by atoms with Gasteiger partial charge in [0.1, 0.15) is 5.75 Å². The van der Waals surface area contributed by atoms with E-state index >= 15 is 0 Å². The van der Waals surface area contributed by atoms with E-state index in [4.69, 9.17) is 21.1 Å².